The van der Waals surface area contributed by atoms with E-state index in [-0.39, 0.29) is 9.20 Å². The van der Waals surface area contributed by atoms with Crippen LogP contribution in [0.2, 0.25) is 0 Å². The summed E-state index contributed by atoms with van der Waals surface area (Å²) in [5.74, 6) is 0. The molecule has 7 nitrogen and oxygen atoms in total. The molecule has 114 valence electrons. The first kappa shape index (κ1) is 15.9. The van der Waals surface area contributed by atoms with Gasteiger partial charge < -0.3 is 10.5 Å². The molecule has 0 fully saturated rings. The molecule has 0 spiro atoms. The fourth-order valence-corrected chi connectivity index (χ4v) is 3.91. The van der Waals surface area contributed by atoms with Crippen LogP contribution in [-0.2, 0) is 21.3 Å². The first-order valence-electron chi connectivity index (χ1n) is 5.86. The first-order chi connectivity index (χ1) is 9.92. The number of thiocarbonyl (C=S) groups is 1. The van der Waals surface area contributed by atoms with Crippen LogP contribution in [0.3, 0.4) is 0 Å². The maximum Gasteiger partial charge on any atom is 0.271 e. The molecule has 2 rings (SSSR count). The molecule has 2 aromatic rings. The number of anilines is 1. The lowest BCUT2D eigenvalue weighted by molar-refractivity contribution is 0.183. The Morgan fingerprint density at radius 2 is 2.33 bits per heavy atom. The summed E-state index contributed by atoms with van der Waals surface area (Å²) in [6.45, 7) is 1.04. The number of thiophene rings is 1. The highest BCUT2D eigenvalue weighted by Crippen LogP contribution is 2.23. The highest BCUT2D eigenvalue weighted by molar-refractivity contribution is 7.94. The lowest BCUT2D eigenvalue weighted by atomic mass is 10.5. The Hall–Kier alpha value is -1.49. The summed E-state index contributed by atoms with van der Waals surface area (Å²) in [5.41, 5.74) is 5.86. The summed E-state index contributed by atoms with van der Waals surface area (Å²) >= 11 is 5.84. The fourth-order valence-electron chi connectivity index (χ4n) is 1.53. The molecular formula is C11H14N4O3S3. The summed E-state index contributed by atoms with van der Waals surface area (Å²) in [4.78, 5) is 0.731. The van der Waals surface area contributed by atoms with Crippen LogP contribution < -0.4 is 10.5 Å². The minimum absolute atomic E-state index is 0.148. The third kappa shape index (κ3) is 4.00. The van der Waals surface area contributed by atoms with Crippen molar-refractivity contribution in [3.05, 3.63) is 29.4 Å². The van der Waals surface area contributed by atoms with E-state index in [9.17, 15) is 8.42 Å². The van der Waals surface area contributed by atoms with Crippen LogP contribution in [0.25, 0.3) is 0 Å². The van der Waals surface area contributed by atoms with Crippen LogP contribution in [0.15, 0.2) is 28.7 Å². The van der Waals surface area contributed by atoms with E-state index in [4.69, 9.17) is 22.7 Å². The molecule has 0 bridgehead atoms. The van der Waals surface area contributed by atoms with Gasteiger partial charge in [-0.05, 0) is 12.1 Å². The van der Waals surface area contributed by atoms with Gasteiger partial charge in [0.05, 0.1) is 29.9 Å². The number of rotatable bonds is 7. The number of sulfonamides is 1. The summed E-state index contributed by atoms with van der Waals surface area (Å²) in [6.07, 6.45) is 3.04. The normalized spacial score (nSPS) is 11.5. The molecule has 3 N–H and O–H groups in total. The highest BCUT2D eigenvalue weighted by atomic mass is 32.2. The fraction of sp³-hybridized carbons (Fsp3) is 0.273. The van der Waals surface area contributed by atoms with Crippen LogP contribution in [0.1, 0.15) is 4.88 Å². The number of ether oxygens (including phenoxy) is 1. The van der Waals surface area contributed by atoms with Crippen molar-refractivity contribution in [2.75, 3.05) is 18.4 Å². The van der Waals surface area contributed by atoms with Crippen molar-refractivity contribution >= 4 is 44.3 Å². The average Bonchev–Trinajstić information content (AvgIpc) is 3.04. The van der Waals surface area contributed by atoms with Gasteiger partial charge in [-0.15, -0.1) is 11.3 Å². The Morgan fingerprint density at radius 3 is 2.95 bits per heavy atom. The second-order valence-electron chi connectivity index (χ2n) is 4.07. The smallest absolute Gasteiger partial charge is 0.271 e. The molecule has 2 heterocycles. The lowest BCUT2D eigenvalue weighted by Gasteiger charge is -2.03. The summed E-state index contributed by atoms with van der Waals surface area (Å²) in [6, 6.07) is 3.06. The van der Waals surface area contributed by atoms with Crippen LogP contribution in [-0.4, -0.2) is 36.9 Å². The number of aromatic nitrogens is 2. The number of hydrogen-bond acceptors (Lipinski definition) is 6. The molecule has 0 unspecified atom stereocenters. The van der Waals surface area contributed by atoms with Crippen molar-refractivity contribution in [3.63, 3.8) is 0 Å². The van der Waals surface area contributed by atoms with Gasteiger partial charge in [-0.1, -0.05) is 12.2 Å². The van der Waals surface area contributed by atoms with Crippen LogP contribution in [0.4, 0.5) is 5.69 Å². The quantitative estimate of drug-likeness (QED) is 0.726. The van der Waals surface area contributed by atoms with Gasteiger partial charge in [-0.2, -0.15) is 5.10 Å². The van der Waals surface area contributed by atoms with Crippen molar-refractivity contribution in [1.29, 1.82) is 0 Å². The van der Waals surface area contributed by atoms with Gasteiger partial charge >= 0.3 is 0 Å². The highest BCUT2D eigenvalue weighted by Gasteiger charge is 2.18. The molecule has 10 heteroatoms. The number of nitrogens with zero attached hydrogens (tertiary/aromatic N) is 2. The molecule has 0 saturated heterocycles. The van der Waals surface area contributed by atoms with Crippen molar-refractivity contribution in [3.8, 4) is 0 Å². The Kier molecular flexibility index (Phi) is 4.93. The predicted molar refractivity (Wildman–Crippen MR) is 85.1 cm³/mol. The van der Waals surface area contributed by atoms with Crippen LogP contribution in [0, 0.1) is 0 Å². The van der Waals surface area contributed by atoms with Crippen molar-refractivity contribution in [2.24, 2.45) is 5.73 Å². The molecule has 0 atom stereocenters. The van der Waals surface area contributed by atoms with Gasteiger partial charge in [0.1, 0.15) is 9.20 Å². The molecule has 0 aliphatic carbocycles. The van der Waals surface area contributed by atoms with Crippen molar-refractivity contribution < 1.29 is 13.2 Å². The average molecular weight is 346 g/mol. The van der Waals surface area contributed by atoms with Gasteiger partial charge in [0.15, 0.2) is 0 Å². The summed E-state index contributed by atoms with van der Waals surface area (Å²) < 4.78 is 33.6. The van der Waals surface area contributed by atoms with E-state index in [2.05, 4.69) is 9.82 Å². The van der Waals surface area contributed by atoms with E-state index < -0.39 is 10.0 Å². The van der Waals surface area contributed by atoms with Crippen LogP contribution >= 0.6 is 23.6 Å². The zero-order valence-corrected chi connectivity index (χ0v) is 13.6. The van der Waals surface area contributed by atoms with E-state index in [0.29, 0.717) is 23.7 Å². The van der Waals surface area contributed by atoms with E-state index in [1.807, 2.05) is 0 Å². The molecule has 0 aliphatic heterocycles. The predicted octanol–water partition coefficient (Wildman–Crippen LogP) is 1.03. The van der Waals surface area contributed by atoms with Gasteiger partial charge in [0, 0.05) is 13.3 Å². The molecule has 2 aromatic heterocycles. The SMILES string of the molecule is COCCn1cc(NS(=O)(=O)c2ccc(C(N)=S)s2)cn1. The third-order valence-electron chi connectivity index (χ3n) is 2.50. The minimum atomic E-state index is -3.66. The van der Waals surface area contributed by atoms with Gasteiger partial charge in [-0.25, -0.2) is 8.42 Å². The van der Waals surface area contributed by atoms with Gasteiger partial charge in [0.25, 0.3) is 10.0 Å². The Bertz CT molecular complexity index is 735. The van der Waals surface area contributed by atoms with E-state index >= 15 is 0 Å². The standard InChI is InChI=1S/C11H14N4O3S3/c1-18-5-4-15-7-8(6-13-15)14-21(16,17)10-3-2-9(20-10)11(12)19/h2-3,6-7,14H,4-5H2,1H3,(H2,12,19). The van der Waals surface area contributed by atoms with Crippen molar-refractivity contribution in [2.45, 2.75) is 10.8 Å². The monoisotopic (exact) mass is 346 g/mol. The van der Waals surface area contributed by atoms with E-state index in [1.165, 1.54) is 12.3 Å². The van der Waals surface area contributed by atoms with Gasteiger partial charge in [0.2, 0.25) is 0 Å². The molecule has 0 aromatic carbocycles. The maximum absolute atomic E-state index is 12.2. The van der Waals surface area contributed by atoms with Gasteiger partial charge in [-0.3, -0.25) is 9.40 Å². The second-order valence-corrected chi connectivity index (χ2v) is 7.51. The summed E-state index contributed by atoms with van der Waals surface area (Å²) in [5, 5.41) is 4.04. The Morgan fingerprint density at radius 1 is 1.57 bits per heavy atom. The molecule has 0 amide bonds. The van der Waals surface area contributed by atoms with E-state index in [1.54, 1.807) is 24.1 Å². The Labute approximate surface area is 131 Å². The zero-order chi connectivity index (χ0) is 15.5. The Balaban J connectivity index is 2.13. The lowest BCUT2D eigenvalue weighted by Crippen LogP contribution is -2.11. The number of hydrogen-bond donors (Lipinski definition) is 2. The molecule has 0 saturated carbocycles. The van der Waals surface area contributed by atoms with Crippen molar-refractivity contribution in [1.82, 2.24) is 9.78 Å². The number of methoxy groups -OCH3 is 1. The maximum atomic E-state index is 12.2. The first-order valence-corrected chi connectivity index (χ1v) is 8.57. The minimum Gasteiger partial charge on any atom is -0.389 e. The molecule has 0 aliphatic rings. The van der Waals surface area contributed by atoms with E-state index in [0.717, 1.165) is 11.3 Å². The zero-order valence-electron chi connectivity index (χ0n) is 11.1. The largest absolute Gasteiger partial charge is 0.389 e. The summed E-state index contributed by atoms with van der Waals surface area (Å²) in [7, 11) is -2.08. The molecular weight excluding hydrogens is 332 g/mol. The topological polar surface area (TPSA) is 99.2 Å². The number of nitrogens with two attached hydrogens (primary N) is 1. The number of nitrogens with one attached hydrogen (secondary N) is 1. The molecule has 0 radical (unpaired) electrons. The van der Waals surface area contributed by atoms with Crippen LogP contribution in [0.5, 0.6) is 0 Å². The second kappa shape index (κ2) is 6.52. The molecule has 21 heavy (non-hydrogen) atoms. The third-order valence-corrected chi connectivity index (χ3v) is 5.84.